The molecule has 0 saturated heterocycles. The summed E-state index contributed by atoms with van der Waals surface area (Å²) < 4.78 is 0. The maximum absolute atomic E-state index is 2.37. The van der Waals surface area contributed by atoms with Crippen molar-refractivity contribution in [1.29, 1.82) is 0 Å². The van der Waals surface area contributed by atoms with Crippen LogP contribution in [0.3, 0.4) is 0 Å². The van der Waals surface area contributed by atoms with Crippen molar-refractivity contribution in [2.24, 2.45) is 0 Å². The molecule has 11 aromatic rings. The fourth-order valence-electron chi connectivity index (χ4n) is 10.3. The smallest absolute Gasteiger partial charge is 0.0462 e. The average Bonchev–Trinajstić information content (AvgIpc) is 3.50. The Bertz CT molecular complexity index is 3600. The summed E-state index contributed by atoms with van der Waals surface area (Å²) in [5.74, 6) is 0. The van der Waals surface area contributed by atoms with Crippen LogP contribution in [0.5, 0.6) is 0 Å². The number of allylic oxidation sites excluding steroid dienone is 3. The lowest BCUT2D eigenvalue weighted by Crippen LogP contribution is -2.16. The number of hydrogen-bond donors (Lipinski definition) is 0. The van der Waals surface area contributed by atoms with Gasteiger partial charge in [-0.3, -0.25) is 0 Å². The molecule has 12 rings (SSSR count). The van der Waals surface area contributed by atoms with Crippen LogP contribution >= 0.6 is 0 Å². The minimum Gasteiger partial charge on any atom is -0.311 e. The van der Waals surface area contributed by atoms with E-state index in [1.165, 1.54) is 22.4 Å². The van der Waals surface area contributed by atoms with E-state index in [2.05, 4.69) is 335 Å². The molecule has 0 aliphatic heterocycles. The van der Waals surface area contributed by atoms with Crippen molar-refractivity contribution in [2.45, 2.75) is 12.8 Å². The van der Waals surface area contributed by atoms with E-state index >= 15 is 0 Å². The summed E-state index contributed by atoms with van der Waals surface area (Å²) in [6.07, 6.45) is 8.95. The highest BCUT2D eigenvalue weighted by Gasteiger charge is 2.18. The van der Waals surface area contributed by atoms with Gasteiger partial charge in [-0.2, -0.15) is 0 Å². The molecule has 0 spiro atoms. The first-order valence-electron chi connectivity index (χ1n) is 26.1. The standard InChI is InChI=1S/C72H56N4/c1-7-19-61(20-8-1)73(62-21-9-2-10-22-62)67-43-31-55(32-44-67)57-35-47-69(48-36-57)75(65-27-15-5-16-28-65)71-51-39-59(40-52-71)60-41-53-72(54-42-60)76(66-29-17-6-18-30-66)70-49-37-58(38-50-70)56-33-45-68(46-34-56)74(63-23-11-3-12-24-63)64-25-13-4-14-26-64/h1-5,7-17,19-54H,6,18H2. The number of nitrogens with zero attached hydrogens (tertiary/aromatic N) is 4. The zero-order valence-electron chi connectivity index (χ0n) is 42.2. The van der Waals surface area contributed by atoms with Crippen LogP contribution in [0.25, 0.3) is 33.4 Å². The molecule has 0 atom stereocenters. The van der Waals surface area contributed by atoms with Gasteiger partial charge in [-0.05, 0) is 186 Å². The van der Waals surface area contributed by atoms with Gasteiger partial charge in [0.2, 0.25) is 0 Å². The zero-order chi connectivity index (χ0) is 50.9. The van der Waals surface area contributed by atoms with E-state index in [0.717, 1.165) is 92.1 Å². The Morgan fingerprint density at radius 1 is 0.184 bits per heavy atom. The summed E-state index contributed by atoms with van der Waals surface area (Å²) in [7, 11) is 0. The van der Waals surface area contributed by atoms with E-state index in [-0.39, 0.29) is 0 Å². The highest BCUT2D eigenvalue weighted by atomic mass is 15.2. The normalized spacial score (nSPS) is 11.9. The minimum absolute atomic E-state index is 1.02. The summed E-state index contributed by atoms with van der Waals surface area (Å²) >= 11 is 0. The molecule has 0 unspecified atom stereocenters. The molecule has 0 heterocycles. The van der Waals surface area contributed by atoms with Gasteiger partial charge >= 0.3 is 0 Å². The number of benzene rings is 11. The maximum Gasteiger partial charge on any atom is 0.0462 e. The molecule has 76 heavy (non-hydrogen) atoms. The molecular formula is C72H56N4. The van der Waals surface area contributed by atoms with Crippen LogP contribution in [0.4, 0.5) is 62.6 Å². The summed E-state index contributed by atoms with van der Waals surface area (Å²) in [4.78, 5) is 9.29. The van der Waals surface area contributed by atoms with Crippen molar-refractivity contribution >= 4 is 62.6 Å². The molecule has 0 aromatic heterocycles. The number of anilines is 11. The Morgan fingerprint density at radius 3 is 0.579 bits per heavy atom. The van der Waals surface area contributed by atoms with Crippen molar-refractivity contribution in [3.05, 3.63) is 321 Å². The molecule has 4 heteroatoms. The second kappa shape index (κ2) is 22.1. The lowest BCUT2D eigenvalue weighted by Gasteiger charge is -2.28. The van der Waals surface area contributed by atoms with Crippen LogP contribution in [-0.4, -0.2) is 0 Å². The van der Waals surface area contributed by atoms with E-state index in [1.807, 2.05) is 0 Å². The molecule has 0 saturated carbocycles. The largest absolute Gasteiger partial charge is 0.311 e. The highest BCUT2D eigenvalue weighted by molar-refractivity contribution is 5.83. The Balaban J connectivity index is 0.771. The SMILES string of the molecule is C1=CC(N(c2ccc(-c3ccc(N(c4ccccc4)c4ccccc4)cc3)cc2)c2ccc(-c3ccc(N(c4ccccc4)c4ccc(-c5ccc(N(c6ccccc6)c6ccccc6)cc5)cc4)cc3)cc2)=CCC1. The van der Waals surface area contributed by atoms with Gasteiger partial charge in [0.05, 0.1) is 0 Å². The van der Waals surface area contributed by atoms with E-state index in [1.54, 1.807) is 0 Å². The van der Waals surface area contributed by atoms with Gasteiger partial charge in [0.1, 0.15) is 0 Å². The van der Waals surface area contributed by atoms with Crippen LogP contribution in [0.2, 0.25) is 0 Å². The summed E-state index contributed by atoms with van der Waals surface area (Å²) in [6.45, 7) is 0. The van der Waals surface area contributed by atoms with Gasteiger partial charge in [-0.15, -0.1) is 0 Å². The molecule has 0 radical (unpaired) electrons. The third kappa shape index (κ3) is 10.2. The van der Waals surface area contributed by atoms with Gasteiger partial charge in [0.15, 0.2) is 0 Å². The molecule has 0 N–H and O–H groups in total. The van der Waals surface area contributed by atoms with Gasteiger partial charge in [-0.1, -0.05) is 176 Å². The first kappa shape index (κ1) is 47.1. The second-order valence-electron chi connectivity index (χ2n) is 18.9. The first-order chi connectivity index (χ1) is 37.7. The predicted molar refractivity (Wildman–Crippen MR) is 322 cm³/mol. The Morgan fingerprint density at radius 2 is 0.382 bits per heavy atom. The fraction of sp³-hybridized carbons (Fsp3) is 0.0278. The van der Waals surface area contributed by atoms with E-state index in [0.29, 0.717) is 0 Å². The highest BCUT2D eigenvalue weighted by Crippen LogP contribution is 2.41. The van der Waals surface area contributed by atoms with Crippen LogP contribution in [0.1, 0.15) is 12.8 Å². The zero-order valence-corrected chi connectivity index (χ0v) is 42.2. The molecule has 11 aromatic carbocycles. The summed E-state index contributed by atoms with van der Waals surface area (Å²) in [5.41, 5.74) is 20.4. The van der Waals surface area contributed by atoms with Crippen molar-refractivity contribution in [3.63, 3.8) is 0 Å². The quantitative estimate of drug-likeness (QED) is 0.101. The third-order valence-corrected chi connectivity index (χ3v) is 14.1. The van der Waals surface area contributed by atoms with Crippen molar-refractivity contribution in [3.8, 4) is 33.4 Å². The molecule has 364 valence electrons. The predicted octanol–water partition coefficient (Wildman–Crippen LogP) is 20.5. The van der Waals surface area contributed by atoms with Gasteiger partial charge in [0, 0.05) is 68.3 Å². The van der Waals surface area contributed by atoms with Crippen molar-refractivity contribution in [2.75, 3.05) is 19.6 Å². The number of hydrogen-bond acceptors (Lipinski definition) is 4. The Labute approximate surface area is 447 Å². The molecule has 1 aliphatic rings. The Kier molecular flexibility index (Phi) is 13.7. The van der Waals surface area contributed by atoms with Crippen molar-refractivity contribution < 1.29 is 0 Å². The van der Waals surface area contributed by atoms with Gasteiger partial charge in [0.25, 0.3) is 0 Å². The van der Waals surface area contributed by atoms with Crippen LogP contribution in [0, 0.1) is 0 Å². The molecule has 1 aliphatic carbocycles. The number of para-hydroxylation sites is 5. The average molecular weight is 977 g/mol. The lowest BCUT2D eigenvalue weighted by atomic mass is 10.0. The fourth-order valence-corrected chi connectivity index (χ4v) is 10.3. The third-order valence-electron chi connectivity index (χ3n) is 14.1. The maximum atomic E-state index is 2.37. The topological polar surface area (TPSA) is 13.0 Å². The second-order valence-corrected chi connectivity index (χ2v) is 18.9. The number of rotatable bonds is 15. The van der Waals surface area contributed by atoms with Crippen molar-refractivity contribution in [1.82, 2.24) is 0 Å². The molecule has 4 nitrogen and oxygen atoms in total. The monoisotopic (exact) mass is 976 g/mol. The summed E-state index contributed by atoms with van der Waals surface area (Å²) in [6, 6.07) is 106. The molecular weight excluding hydrogens is 921 g/mol. The molecule has 0 bridgehead atoms. The van der Waals surface area contributed by atoms with E-state index in [4.69, 9.17) is 0 Å². The van der Waals surface area contributed by atoms with E-state index in [9.17, 15) is 0 Å². The first-order valence-corrected chi connectivity index (χ1v) is 26.1. The molecule has 0 amide bonds. The van der Waals surface area contributed by atoms with E-state index < -0.39 is 0 Å². The molecule has 0 fully saturated rings. The minimum atomic E-state index is 1.02. The van der Waals surface area contributed by atoms with Gasteiger partial charge < -0.3 is 19.6 Å². The summed E-state index contributed by atoms with van der Waals surface area (Å²) in [5, 5.41) is 0. The van der Waals surface area contributed by atoms with Crippen LogP contribution in [-0.2, 0) is 0 Å². The Hall–Kier alpha value is -9.90. The van der Waals surface area contributed by atoms with Crippen LogP contribution < -0.4 is 19.6 Å². The van der Waals surface area contributed by atoms with Gasteiger partial charge in [-0.25, -0.2) is 0 Å². The lowest BCUT2D eigenvalue weighted by molar-refractivity contribution is 0.997. The van der Waals surface area contributed by atoms with Crippen LogP contribution in [0.15, 0.2) is 321 Å².